The quantitative estimate of drug-likeness (QED) is 0.0889. The van der Waals surface area contributed by atoms with Crippen molar-refractivity contribution in [2.24, 2.45) is 5.10 Å². The molecule has 0 bridgehead atoms. The molecule has 194 valence electrons. The van der Waals surface area contributed by atoms with E-state index in [-0.39, 0.29) is 0 Å². The molecule has 5 aromatic rings. The molecule has 5 rings (SSSR count). The predicted molar refractivity (Wildman–Crippen MR) is 156 cm³/mol. The van der Waals surface area contributed by atoms with Crippen molar-refractivity contribution in [2.45, 2.75) is 0 Å². The van der Waals surface area contributed by atoms with E-state index < -0.39 is 11.9 Å². The standard InChI is InChI=1S/C30H21BrClN3O4/c1-38-21-14-15-25-23(16-21)27(22-7-3-4-8-24(22)32)28(34-25)29(36)35-33-17-19-6-2-5-9-26(19)39-30(37)18-10-12-20(31)13-11-18/h2-17,34H,1H3,(H,35,36). The Bertz CT molecular complexity index is 1710. The Kier molecular flexibility index (Phi) is 7.76. The van der Waals surface area contributed by atoms with E-state index in [2.05, 4.69) is 31.4 Å². The minimum absolute atomic E-state index is 0.290. The summed E-state index contributed by atoms with van der Waals surface area (Å²) in [5, 5.41) is 5.41. The minimum Gasteiger partial charge on any atom is -0.497 e. The Morgan fingerprint density at radius 2 is 1.72 bits per heavy atom. The van der Waals surface area contributed by atoms with Crippen molar-refractivity contribution in [1.29, 1.82) is 0 Å². The van der Waals surface area contributed by atoms with Crippen molar-refractivity contribution in [3.05, 3.63) is 117 Å². The predicted octanol–water partition coefficient (Wildman–Crippen LogP) is 7.24. The minimum atomic E-state index is -0.509. The maximum Gasteiger partial charge on any atom is 0.343 e. The lowest BCUT2D eigenvalue weighted by atomic mass is 10.0. The number of rotatable bonds is 7. The second kappa shape index (κ2) is 11.6. The Balaban J connectivity index is 1.41. The highest BCUT2D eigenvalue weighted by atomic mass is 79.9. The average Bonchev–Trinajstić information content (AvgIpc) is 3.33. The van der Waals surface area contributed by atoms with Crippen LogP contribution in [-0.2, 0) is 0 Å². The number of para-hydroxylation sites is 1. The molecule has 9 heteroatoms. The van der Waals surface area contributed by atoms with Gasteiger partial charge in [0.05, 0.1) is 18.9 Å². The third kappa shape index (κ3) is 5.72. The number of benzene rings is 4. The molecule has 0 radical (unpaired) electrons. The van der Waals surface area contributed by atoms with Gasteiger partial charge in [0, 0.05) is 37.1 Å². The molecule has 1 heterocycles. The lowest BCUT2D eigenvalue weighted by Crippen LogP contribution is -2.19. The van der Waals surface area contributed by atoms with Crippen LogP contribution in [0, 0.1) is 0 Å². The Labute approximate surface area is 237 Å². The molecular weight excluding hydrogens is 582 g/mol. The fourth-order valence-electron chi connectivity index (χ4n) is 4.05. The van der Waals surface area contributed by atoms with E-state index in [9.17, 15) is 9.59 Å². The molecule has 0 unspecified atom stereocenters. The molecule has 39 heavy (non-hydrogen) atoms. The first-order chi connectivity index (χ1) is 18.9. The maximum atomic E-state index is 13.3. The molecule has 0 aliphatic rings. The van der Waals surface area contributed by atoms with Crippen LogP contribution in [0.25, 0.3) is 22.0 Å². The number of H-pyrrole nitrogens is 1. The molecule has 2 N–H and O–H groups in total. The smallest absolute Gasteiger partial charge is 0.343 e. The number of amides is 1. The zero-order chi connectivity index (χ0) is 27.4. The van der Waals surface area contributed by atoms with Crippen molar-refractivity contribution < 1.29 is 19.1 Å². The number of carbonyl (C=O) groups is 2. The van der Waals surface area contributed by atoms with Gasteiger partial charge in [-0.15, -0.1) is 0 Å². The van der Waals surface area contributed by atoms with Crippen molar-refractivity contribution in [2.75, 3.05) is 7.11 Å². The summed E-state index contributed by atoms with van der Waals surface area (Å²) in [7, 11) is 1.58. The van der Waals surface area contributed by atoms with E-state index in [1.54, 1.807) is 61.7 Å². The number of esters is 1. The van der Waals surface area contributed by atoms with Gasteiger partial charge in [-0.3, -0.25) is 4.79 Å². The number of carbonyl (C=O) groups excluding carboxylic acids is 2. The highest BCUT2D eigenvalue weighted by molar-refractivity contribution is 9.10. The third-order valence-corrected chi connectivity index (χ3v) is 6.81. The monoisotopic (exact) mass is 601 g/mol. The second-order valence-corrected chi connectivity index (χ2v) is 9.72. The summed E-state index contributed by atoms with van der Waals surface area (Å²) < 4.78 is 11.8. The van der Waals surface area contributed by atoms with Gasteiger partial charge >= 0.3 is 5.97 Å². The molecule has 0 aliphatic heterocycles. The van der Waals surface area contributed by atoms with E-state index in [1.165, 1.54) is 6.21 Å². The molecule has 0 saturated carbocycles. The van der Waals surface area contributed by atoms with Crippen LogP contribution >= 0.6 is 27.5 Å². The summed E-state index contributed by atoms with van der Waals surface area (Å²) in [5.74, 6) is -0.0297. The van der Waals surface area contributed by atoms with Crippen LogP contribution in [-0.4, -0.2) is 30.2 Å². The number of nitrogens with zero attached hydrogens (tertiary/aromatic N) is 1. The van der Waals surface area contributed by atoms with Gasteiger partial charge in [0.1, 0.15) is 17.2 Å². The molecule has 7 nitrogen and oxygen atoms in total. The molecule has 1 amide bonds. The summed E-state index contributed by atoms with van der Waals surface area (Å²) in [6, 6.07) is 26.5. The summed E-state index contributed by atoms with van der Waals surface area (Å²) in [6.07, 6.45) is 1.42. The molecule has 0 fully saturated rings. The van der Waals surface area contributed by atoms with E-state index >= 15 is 0 Å². The fraction of sp³-hybridized carbons (Fsp3) is 0.0333. The number of fused-ring (bicyclic) bond motifs is 1. The fourth-order valence-corrected chi connectivity index (χ4v) is 4.55. The number of methoxy groups -OCH3 is 1. The molecule has 0 saturated heterocycles. The molecule has 1 aromatic heterocycles. The topological polar surface area (TPSA) is 92.8 Å². The first-order valence-electron chi connectivity index (χ1n) is 11.8. The van der Waals surface area contributed by atoms with Crippen LogP contribution < -0.4 is 14.9 Å². The first-order valence-corrected chi connectivity index (χ1v) is 13.0. The van der Waals surface area contributed by atoms with Crippen LogP contribution in [0.4, 0.5) is 0 Å². The Morgan fingerprint density at radius 3 is 2.49 bits per heavy atom. The zero-order valence-corrected chi connectivity index (χ0v) is 22.9. The van der Waals surface area contributed by atoms with Gasteiger partial charge in [-0.1, -0.05) is 57.9 Å². The Morgan fingerprint density at radius 1 is 0.974 bits per heavy atom. The lowest BCUT2D eigenvalue weighted by molar-refractivity contribution is 0.0734. The van der Waals surface area contributed by atoms with Gasteiger partial charge in [-0.2, -0.15) is 5.10 Å². The van der Waals surface area contributed by atoms with Gasteiger partial charge in [-0.25, -0.2) is 10.2 Å². The highest BCUT2D eigenvalue weighted by Gasteiger charge is 2.21. The van der Waals surface area contributed by atoms with Crippen LogP contribution in [0.5, 0.6) is 11.5 Å². The van der Waals surface area contributed by atoms with Gasteiger partial charge < -0.3 is 14.5 Å². The van der Waals surface area contributed by atoms with Crippen LogP contribution in [0.1, 0.15) is 26.4 Å². The largest absolute Gasteiger partial charge is 0.497 e. The molecule has 0 aliphatic carbocycles. The van der Waals surface area contributed by atoms with Crippen LogP contribution in [0.15, 0.2) is 101 Å². The normalized spacial score (nSPS) is 11.1. The molecular formula is C30H21BrClN3O4. The van der Waals surface area contributed by atoms with Gasteiger partial charge in [0.15, 0.2) is 0 Å². The van der Waals surface area contributed by atoms with Crippen molar-refractivity contribution >= 4 is 56.5 Å². The first kappa shape index (κ1) is 26.2. The highest BCUT2D eigenvalue weighted by Crippen LogP contribution is 2.38. The van der Waals surface area contributed by atoms with Crippen molar-refractivity contribution in [3.63, 3.8) is 0 Å². The van der Waals surface area contributed by atoms with E-state index in [1.807, 2.05) is 36.4 Å². The number of aromatic nitrogens is 1. The SMILES string of the molecule is COc1ccc2[nH]c(C(=O)NN=Cc3ccccc3OC(=O)c3ccc(Br)cc3)c(-c3ccccc3Cl)c2c1. The summed E-state index contributed by atoms with van der Waals surface area (Å²) in [6.45, 7) is 0. The van der Waals surface area contributed by atoms with Gasteiger partial charge in [0.25, 0.3) is 5.91 Å². The van der Waals surface area contributed by atoms with Gasteiger partial charge in [0.2, 0.25) is 0 Å². The zero-order valence-electron chi connectivity index (χ0n) is 20.6. The number of hydrogen-bond donors (Lipinski definition) is 2. The van der Waals surface area contributed by atoms with E-state index in [4.69, 9.17) is 21.1 Å². The number of halogens is 2. The summed E-state index contributed by atoms with van der Waals surface area (Å²) in [5.41, 5.74) is 5.83. The third-order valence-electron chi connectivity index (χ3n) is 5.95. The second-order valence-electron chi connectivity index (χ2n) is 8.40. The van der Waals surface area contributed by atoms with Crippen LogP contribution in [0.2, 0.25) is 5.02 Å². The summed E-state index contributed by atoms with van der Waals surface area (Å²) >= 11 is 9.86. The molecule has 4 aromatic carbocycles. The van der Waals surface area contributed by atoms with Crippen molar-refractivity contribution in [3.8, 4) is 22.6 Å². The number of hydrazone groups is 1. The summed E-state index contributed by atoms with van der Waals surface area (Å²) in [4.78, 5) is 29.1. The van der Waals surface area contributed by atoms with E-state index in [0.717, 1.165) is 15.4 Å². The number of nitrogens with one attached hydrogen (secondary N) is 2. The van der Waals surface area contributed by atoms with Gasteiger partial charge in [-0.05, 0) is 60.7 Å². The molecule has 0 atom stereocenters. The molecule has 0 spiro atoms. The van der Waals surface area contributed by atoms with E-state index in [0.29, 0.717) is 44.5 Å². The van der Waals surface area contributed by atoms with Crippen LogP contribution in [0.3, 0.4) is 0 Å². The number of aromatic amines is 1. The Hall–Kier alpha value is -4.40. The lowest BCUT2D eigenvalue weighted by Gasteiger charge is -2.08. The van der Waals surface area contributed by atoms with Crippen molar-refractivity contribution in [1.82, 2.24) is 10.4 Å². The number of ether oxygens (including phenoxy) is 2. The average molecular weight is 603 g/mol. The maximum absolute atomic E-state index is 13.3. The number of hydrogen-bond acceptors (Lipinski definition) is 5.